The topological polar surface area (TPSA) is 38.3 Å². The number of thiol groups is 1. The molecule has 0 radical (unpaired) electrons. The van der Waals surface area contributed by atoms with Crippen molar-refractivity contribution in [2.75, 3.05) is 5.32 Å². The van der Waals surface area contributed by atoms with Crippen LogP contribution in [0.3, 0.4) is 0 Å². The quantitative estimate of drug-likeness (QED) is 0.507. The molecule has 1 aromatic carbocycles. The summed E-state index contributed by atoms with van der Waals surface area (Å²) in [5.74, 6) is 0.667. The van der Waals surface area contributed by atoms with Crippen LogP contribution in [0.5, 0.6) is 5.75 Å². The minimum absolute atomic E-state index is 0.0290. The molecule has 0 atom stereocenters. The smallest absolute Gasteiger partial charge is 0.228 e. The summed E-state index contributed by atoms with van der Waals surface area (Å²) in [6.45, 7) is 0. The van der Waals surface area contributed by atoms with Gasteiger partial charge in [-0.25, -0.2) is 0 Å². The zero-order chi connectivity index (χ0) is 8.55. The molecular weight excluding hydrogens is 174 g/mol. The third-order valence-corrected chi connectivity index (χ3v) is 2.02. The molecule has 0 saturated heterocycles. The van der Waals surface area contributed by atoms with Crippen LogP contribution < -0.4 is 9.50 Å². The monoisotopic (exact) mass is 181 g/mol. The van der Waals surface area contributed by atoms with Gasteiger partial charge in [-0.05, 0) is 11.6 Å². The molecule has 1 aromatic rings. The van der Waals surface area contributed by atoms with Crippen LogP contribution in [-0.2, 0) is 11.2 Å². The van der Waals surface area contributed by atoms with E-state index in [1.807, 2.05) is 6.07 Å². The number of hydrogen-bond acceptors (Lipinski definition) is 3. The number of anilines is 1. The molecule has 0 spiro atoms. The van der Waals surface area contributed by atoms with Crippen molar-refractivity contribution in [2.45, 2.75) is 6.42 Å². The molecule has 3 nitrogen and oxygen atoms in total. The standard InChI is InChI=1S/C8H7NO2S/c10-8-3-5-1-2-6(11-12)4-7(5)9-8/h1-2,4,12H,3H2,(H,9,10). The van der Waals surface area contributed by atoms with Gasteiger partial charge in [-0.2, -0.15) is 0 Å². The lowest BCUT2D eigenvalue weighted by molar-refractivity contribution is -0.115. The average Bonchev–Trinajstić information content (AvgIpc) is 2.43. The maximum absolute atomic E-state index is 10.9. The van der Waals surface area contributed by atoms with E-state index in [4.69, 9.17) is 4.18 Å². The van der Waals surface area contributed by atoms with Gasteiger partial charge in [-0.15, -0.1) is 0 Å². The highest BCUT2D eigenvalue weighted by Crippen LogP contribution is 2.27. The zero-order valence-electron chi connectivity index (χ0n) is 6.20. The van der Waals surface area contributed by atoms with E-state index in [1.165, 1.54) is 0 Å². The molecule has 1 aliphatic rings. The van der Waals surface area contributed by atoms with Crippen LogP contribution >= 0.6 is 12.9 Å². The van der Waals surface area contributed by atoms with Crippen LogP contribution in [0.1, 0.15) is 5.56 Å². The number of hydrogen-bond donors (Lipinski definition) is 2. The van der Waals surface area contributed by atoms with Gasteiger partial charge in [0.15, 0.2) is 0 Å². The van der Waals surface area contributed by atoms with E-state index in [2.05, 4.69) is 18.2 Å². The van der Waals surface area contributed by atoms with Crippen LogP contribution in [0.15, 0.2) is 18.2 Å². The molecular formula is C8H7NO2S. The molecule has 1 heterocycles. The molecule has 1 amide bonds. The van der Waals surface area contributed by atoms with Crippen molar-refractivity contribution in [3.63, 3.8) is 0 Å². The summed E-state index contributed by atoms with van der Waals surface area (Å²) in [6, 6.07) is 5.40. The fourth-order valence-electron chi connectivity index (χ4n) is 1.25. The Morgan fingerprint density at radius 2 is 2.33 bits per heavy atom. The highest BCUT2D eigenvalue weighted by Gasteiger charge is 2.17. The van der Waals surface area contributed by atoms with E-state index in [0.717, 1.165) is 11.3 Å². The van der Waals surface area contributed by atoms with E-state index in [9.17, 15) is 4.79 Å². The van der Waals surface area contributed by atoms with E-state index in [1.54, 1.807) is 12.1 Å². The Morgan fingerprint density at radius 3 is 3.08 bits per heavy atom. The van der Waals surface area contributed by atoms with Gasteiger partial charge in [0, 0.05) is 24.7 Å². The van der Waals surface area contributed by atoms with Gasteiger partial charge in [0.2, 0.25) is 5.91 Å². The fourth-order valence-corrected chi connectivity index (χ4v) is 1.36. The summed E-state index contributed by atoms with van der Waals surface area (Å²) >= 11 is 3.66. The number of amides is 1. The third kappa shape index (κ3) is 1.14. The summed E-state index contributed by atoms with van der Waals surface area (Å²) < 4.78 is 4.72. The summed E-state index contributed by atoms with van der Waals surface area (Å²) in [5.41, 5.74) is 1.83. The number of carbonyl (C=O) groups excluding carboxylic acids is 1. The molecule has 0 aliphatic carbocycles. The first kappa shape index (κ1) is 7.49. The number of rotatable bonds is 1. The molecule has 1 N–H and O–H groups in total. The van der Waals surface area contributed by atoms with Gasteiger partial charge in [0.1, 0.15) is 5.75 Å². The molecule has 0 aromatic heterocycles. The summed E-state index contributed by atoms with van der Waals surface area (Å²) in [4.78, 5) is 10.9. The lowest BCUT2D eigenvalue weighted by Crippen LogP contribution is -2.03. The SMILES string of the molecule is O=C1Cc2ccc(OS)cc2N1. The second-order valence-corrected chi connectivity index (χ2v) is 2.82. The van der Waals surface area contributed by atoms with Gasteiger partial charge in [0.25, 0.3) is 0 Å². The second-order valence-electron chi connectivity index (χ2n) is 2.64. The van der Waals surface area contributed by atoms with E-state index < -0.39 is 0 Å². The number of carbonyl (C=O) groups is 1. The van der Waals surface area contributed by atoms with Crippen LogP contribution in [0.25, 0.3) is 0 Å². The molecule has 0 saturated carbocycles. The van der Waals surface area contributed by atoms with E-state index in [-0.39, 0.29) is 5.91 Å². The lowest BCUT2D eigenvalue weighted by atomic mass is 10.1. The summed E-state index contributed by atoms with van der Waals surface area (Å²) in [6.07, 6.45) is 0.461. The van der Waals surface area contributed by atoms with Crippen molar-refractivity contribution in [1.29, 1.82) is 0 Å². The van der Waals surface area contributed by atoms with Crippen molar-refractivity contribution in [3.05, 3.63) is 23.8 Å². The van der Waals surface area contributed by atoms with Crippen molar-refractivity contribution in [2.24, 2.45) is 0 Å². The fraction of sp³-hybridized carbons (Fsp3) is 0.125. The Labute approximate surface area is 75.3 Å². The Kier molecular flexibility index (Phi) is 1.69. The predicted molar refractivity (Wildman–Crippen MR) is 48.4 cm³/mol. The highest BCUT2D eigenvalue weighted by molar-refractivity contribution is 7.75. The van der Waals surface area contributed by atoms with Crippen molar-refractivity contribution >= 4 is 24.5 Å². The highest BCUT2D eigenvalue weighted by atomic mass is 32.1. The molecule has 4 heteroatoms. The first-order valence-electron chi connectivity index (χ1n) is 3.54. The lowest BCUT2D eigenvalue weighted by Gasteiger charge is -2.00. The normalized spacial score (nSPS) is 13.9. The number of fused-ring (bicyclic) bond motifs is 1. The molecule has 12 heavy (non-hydrogen) atoms. The van der Waals surface area contributed by atoms with Crippen molar-refractivity contribution < 1.29 is 8.98 Å². The van der Waals surface area contributed by atoms with E-state index >= 15 is 0 Å². The molecule has 2 rings (SSSR count). The van der Waals surface area contributed by atoms with Gasteiger partial charge >= 0.3 is 0 Å². The first-order chi connectivity index (χ1) is 5.79. The van der Waals surface area contributed by atoms with E-state index in [0.29, 0.717) is 12.2 Å². The molecule has 1 aliphatic heterocycles. The Balaban J connectivity index is 2.41. The number of nitrogens with one attached hydrogen (secondary N) is 1. The molecule has 0 unspecified atom stereocenters. The summed E-state index contributed by atoms with van der Waals surface area (Å²) in [7, 11) is 0. The third-order valence-electron chi connectivity index (χ3n) is 1.81. The van der Waals surface area contributed by atoms with Crippen LogP contribution in [0.4, 0.5) is 5.69 Å². The van der Waals surface area contributed by atoms with Crippen molar-refractivity contribution in [3.8, 4) is 5.75 Å². The van der Waals surface area contributed by atoms with Gasteiger partial charge in [-0.3, -0.25) is 4.79 Å². The maximum Gasteiger partial charge on any atom is 0.228 e. The van der Waals surface area contributed by atoms with Gasteiger partial charge in [-0.1, -0.05) is 6.07 Å². The van der Waals surface area contributed by atoms with Gasteiger partial charge < -0.3 is 9.50 Å². The number of benzene rings is 1. The first-order valence-corrected chi connectivity index (χ1v) is 3.90. The molecule has 0 fully saturated rings. The van der Waals surface area contributed by atoms with Crippen LogP contribution in [0, 0.1) is 0 Å². The minimum Gasteiger partial charge on any atom is -0.429 e. The predicted octanol–water partition coefficient (Wildman–Crippen LogP) is 1.40. The Morgan fingerprint density at radius 1 is 1.50 bits per heavy atom. The largest absolute Gasteiger partial charge is 0.429 e. The minimum atomic E-state index is 0.0290. The van der Waals surface area contributed by atoms with Gasteiger partial charge in [0.05, 0.1) is 6.42 Å². The Hall–Kier alpha value is -1.16. The average molecular weight is 181 g/mol. The second kappa shape index (κ2) is 2.71. The Bertz CT molecular complexity index is 338. The maximum atomic E-state index is 10.9. The molecule has 0 bridgehead atoms. The van der Waals surface area contributed by atoms with Crippen LogP contribution in [0.2, 0.25) is 0 Å². The summed E-state index contributed by atoms with van der Waals surface area (Å²) in [5, 5.41) is 2.72. The zero-order valence-corrected chi connectivity index (χ0v) is 7.10. The molecule has 62 valence electrons. The van der Waals surface area contributed by atoms with Crippen molar-refractivity contribution in [1.82, 2.24) is 0 Å². The van der Waals surface area contributed by atoms with Crippen LogP contribution in [-0.4, -0.2) is 5.91 Å².